The SMILES string of the molecule is COC(=O)/C(=C\c1cccc(OC)c1O)n1ccc(=N)cc1. The van der Waals surface area contributed by atoms with Gasteiger partial charge in [-0.1, -0.05) is 12.1 Å². The molecule has 6 heteroatoms. The van der Waals surface area contributed by atoms with Gasteiger partial charge < -0.3 is 24.6 Å². The number of phenols is 1. The molecule has 114 valence electrons. The van der Waals surface area contributed by atoms with E-state index in [4.69, 9.17) is 14.9 Å². The zero-order valence-electron chi connectivity index (χ0n) is 12.2. The van der Waals surface area contributed by atoms with Gasteiger partial charge in [-0.2, -0.15) is 0 Å². The summed E-state index contributed by atoms with van der Waals surface area (Å²) in [6.45, 7) is 0. The average molecular weight is 300 g/mol. The van der Waals surface area contributed by atoms with Crippen molar-refractivity contribution in [2.45, 2.75) is 0 Å². The van der Waals surface area contributed by atoms with Crippen molar-refractivity contribution < 1.29 is 19.4 Å². The number of hydrogen-bond donors (Lipinski definition) is 2. The number of nitrogens with zero attached hydrogens (tertiary/aromatic N) is 1. The lowest BCUT2D eigenvalue weighted by molar-refractivity contribution is -0.134. The number of nitrogens with one attached hydrogen (secondary N) is 1. The highest BCUT2D eigenvalue weighted by molar-refractivity contribution is 6.15. The van der Waals surface area contributed by atoms with Crippen LogP contribution in [0.1, 0.15) is 5.56 Å². The number of esters is 1. The van der Waals surface area contributed by atoms with Gasteiger partial charge in [-0.15, -0.1) is 0 Å². The van der Waals surface area contributed by atoms with Gasteiger partial charge in [-0.3, -0.25) is 0 Å². The Labute approximate surface area is 127 Å². The number of methoxy groups -OCH3 is 2. The quantitative estimate of drug-likeness (QED) is 0.666. The van der Waals surface area contributed by atoms with E-state index < -0.39 is 5.97 Å². The maximum absolute atomic E-state index is 12.0. The summed E-state index contributed by atoms with van der Waals surface area (Å²) in [7, 11) is 2.73. The van der Waals surface area contributed by atoms with Gasteiger partial charge in [0.15, 0.2) is 11.5 Å². The Morgan fingerprint density at radius 2 is 1.91 bits per heavy atom. The van der Waals surface area contributed by atoms with Gasteiger partial charge in [0.1, 0.15) is 5.70 Å². The van der Waals surface area contributed by atoms with Crippen LogP contribution in [0, 0.1) is 5.41 Å². The topological polar surface area (TPSA) is 84.5 Å². The fourth-order valence-electron chi connectivity index (χ4n) is 1.90. The Balaban J connectivity index is 2.57. The van der Waals surface area contributed by atoms with Crippen molar-refractivity contribution in [3.63, 3.8) is 0 Å². The van der Waals surface area contributed by atoms with Crippen molar-refractivity contribution in [1.29, 1.82) is 5.41 Å². The van der Waals surface area contributed by atoms with Crippen molar-refractivity contribution in [2.75, 3.05) is 14.2 Å². The molecule has 1 aromatic carbocycles. The van der Waals surface area contributed by atoms with Crippen molar-refractivity contribution in [1.82, 2.24) is 4.57 Å². The molecule has 0 aliphatic rings. The molecular weight excluding hydrogens is 284 g/mol. The fraction of sp³-hybridized carbons (Fsp3) is 0.125. The lowest BCUT2D eigenvalue weighted by Crippen LogP contribution is -2.12. The standard InChI is InChI=1S/C16H16N2O4/c1-21-14-5-3-4-11(15(14)19)10-13(16(20)22-2)18-8-6-12(17)7-9-18/h3-10,17,19H,1-2H3/b13-10+. The molecule has 1 heterocycles. The van der Waals surface area contributed by atoms with E-state index in [-0.39, 0.29) is 11.4 Å². The van der Waals surface area contributed by atoms with Crippen molar-refractivity contribution >= 4 is 17.7 Å². The number of pyridine rings is 1. The van der Waals surface area contributed by atoms with Crippen LogP contribution in [0.15, 0.2) is 42.7 Å². The van der Waals surface area contributed by atoms with Crippen LogP contribution < -0.4 is 10.1 Å². The largest absolute Gasteiger partial charge is 0.504 e. The van der Waals surface area contributed by atoms with Crippen molar-refractivity contribution in [3.8, 4) is 11.5 Å². The number of rotatable bonds is 4. The lowest BCUT2D eigenvalue weighted by atomic mass is 10.1. The maximum atomic E-state index is 12.0. The van der Waals surface area contributed by atoms with E-state index in [1.807, 2.05) is 0 Å². The third-order valence-electron chi connectivity index (χ3n) is 3.04. The van der Waals surface area contributed by atoms with Crippen LogP contribution in [-0.2, 0) is 9.53 Å². The first-order valence-electron chi connectivity index (χ1n) is 6.46. The molecule has 0 spiro atoms. The van der Waals surface area contributed by atoms with Crippen molar-refractivity contribution in [3.05, 3.63) is 53.6 Å². The number of aromatic nitrogens is 1. The number of benzene rings is 1. The second-order valence-electron chi connectivity index (χ2n) is 4.41. The second kappa shape index (κ2) is 6.62. The van der Waals surface area contributed by atoms with Gasteiger partial charge in [0.25, 0.3) is 0 Å². The summed E-state index contributed by atoms with van der Waals surface area (Å²) in [6.07, 6.45) is 4.64. The molecule has 1 aromatic heterocycles. The first-order valence-corrected chi connectivity index (χ1v) is 6.46. The van der Waals surface area contributed by atoms with Crippen LogP contribution in [0.5, 0.6) is 11.5 Å². The number of ether oxygens (including phenoxy) is 2. The maximum Gasteiger partial charge on any atom is 0.355 e. The molecular formula is C16H16N2O4. The Morgan fingerprint density at radius 1 is 1.23 bits per heavy atom. The molecule has 0 saturated carbocycles. The summed E-state index contributed by atoms with van der Waals surface area (Å²) in [5.41, 5.74) is 0.619. The van der Waals surface area contributed by atoms with Crippen molar-refractivity contribution in [2.24, 2.45) is 0 Å². The molecule has 0 fully saturated rings. The van der Waals surface area contributed by atoms with Gasteiger partial charge in [-0.05, 0) is 24.3 Å². The molecule has 0 amide bonds. The third kappa shape index (κ3) is 3.17. The zero-order chi connectivity index (χ0) is 16.1. The Hall–Kier alpha value is -3.02. The van der Waals surface area contributed by atoms with Crippen LogP contribution in [0.2, 0.25) is 0 Å². The molecule has 2 aromatic rings. The average Bonchev–Trinajstić information content (AvgIpc) is 2.54. The van der Waals surface area contributed by atoms with Gasteiger partial charge >= 0.3 is 5.97 Å². The highest BCUT2D eigenvalue weighted by atomic mass is 16.5. The van der Waals surface area contributed by atoms with Crippen LogP contribution >= 0.6 is 0 Å². The van der Waals surface area contributed by atoms with E-state index in [9.17, 15) is 9.90 Å². The van der Waals surface area contributed by atoms with Crippen LogP contribution in [0.4, 0.5) is 0 Å². The first-order chi connectivity index (χ1) is 10.6. The van der Waals surface area contributed by atoms with E-state index in [0.29, 0.717) is 16.7 Å². The summed E-state index contributed by atoms with van der Waals surface area (Å²) in [5, 5.41) is 17.9. The number of phenolic OH excluding ortho intramolecular Hbond substituents is 1. The van der Waals surface area contributed by atoms with Crippen LogP contribution in [0.3, 0.4) is 0 Å². The third-order valence-corrected chi connectivity index (χ3v) is 3.04. The molecule has 6 nitrogen and oxygen atoms in total. The van der Waals surface area contributed by atoms with Crippen LogP contribution in [0.25, 0.3) is 11.8 Å². The van der Waals surface area contributed by atoms with E-state index in [1.54, 1.807) is 42.7 Å². The van der Waals surface area contributed by atoms with Crippen LogP contribution in [-0.4, -0.2) is 29.9 Å². The van der Waals surface area contributed by atoms with Gasteiger partial charge in [-0.25, -0.2) is 4.79 Å². The fourth-order valence-corrected chi connectivity index (χ4v) is 1.90. The number of para-hydroxylation sites is 1. The molecule has 0 saturated heterocycles. The Kier molecular flexibility index (Phi) is 4.63. The lowest BCUT2D eigenvalue weighted by Gasteiger charge is -2.11. The highest BCUT2D eigenvalue weighted by Gasteiger charge is 2.13. The number of aromatic hydroxyl groups is 1. The minimum Gasteiger partial charge on any atom is -0.504 e. The minimum atomic E-state index is -0.565. The van der Waals surface area contributed by atoms with Gasteiger partial charge in [0.05, 0.1) is 19.6 Å². The monoisotopic (exact) mass is 300 g/mol. The summed E-state index contributed by atoms with van der Waals surface area (Å²) >= 11 is 0. The predicted molar refractivity (Wildman–Crippen MR) is 81.1 cm³/mol. The summed E-state index contributed by atoms with van der Waals surface area (Å²) in [4.78, 5) is 12.0. The van der Waals surface area contributed by atoms with Gasteiger partial charge in [0, 0.05) is 18.0 Å². The van der Waals surface area contributed by atoms with Gasteiger partial charge in [0.2, 0.25) is 0 Å². The normalized spacial score (nSPS) is 11.1. The van der Waals surface area contributed by atoms with E-state index in [0.717, 1.165) is 0 Å². The molecule has 0 aliphatic heterocycles. The molecule has 22 heavy (non-hydrogen) atoms. The summed E-state index contributed by atoms with van der Waals surface area (Å²) < 4.78 is 11.3. The summed E-state index contributed by atoms with van der Waals surface area (Å²) in [5.74, 6) is -0.321. The number of carbonyl (C=O) groups excluding carboxylic acids is 1. The molecule has 2 rings (SSSR count). The number of hydrogen-bond acceptors (Lipinski definition) is 5. The smallest absolute Gasteiger partial charge is 0.355 e. The number of carbonyl (C=O) groups is 1. The zero-order valence-corrected chi connectivity index (χ0v) is 12.2. The molecule has 2 N–H and O–H groups in total. The second-order valence-corrected chi connectivity index (χ2v) is 4.41. The van der Waals surface area contributed by atoms with E-state index >= 15 is 0 Å². The molecule has 0 atom stereocenters. The van der Waals surface area contributed by atoms with E-state index in [1.165, 1.54) is 24.9 Å². The Morgan fingerprint density at radius 3 is 2.50 bits per heavy atom. The predicted octanol–water partition coefficient (Wildman–Crippen LogP) is 1.85. The summed E-state index contributed by atoms with van der Waals surface area (Å²) in [6, 6.07) is 8.06. The Bertz CT molecular complexity index is 757. The highest BCUT2D eigenvalue weighted by Crippen LogP contribution is 2.31. The first kappa shape index (κ1) is 15.4. The minimum absolute atomic E-state index is 0.0656. The molecule has 0 radical (unpaired) electrons. The molecule has 0 bridgehead atoms. The molecule has 0 aliphatic carbocycles. The van der Waals surface area contributed by atoms with E-state index in [2.05, 4.69) is 0 Å². The molecule has 0 unspecified atom stereocenters.